The third-order valence-electron chi connectivity index (χ3n) is 5.85. The summed E-state index contributed by atoms with van der Waals surface area (Å²) in [7, 11) is 0. The van der Waals surface area contributed by atoms with Gasteiger partial charge in [0.15, 0.2) is 0 Å². The predicted octanol–water partition coefficient (Wildman–Crippen LogP) is 4.31. The Balaban J connectivity index is 1.64. The topological polar surface area (TPSA) is 92.5 Å². The number of carbonyl (C=O) groups excluding carboxylic acids is 3. The molecule has 1 unspecified atom stereocenters. The Morgan fingerprint density at radius 1 is 1.06 bits per heavy atom. The van der Waals surface area contributed by atoms with E-state index < -0.39 is 17.9 Å². The van der Waals surface area contributed by atoms with Crippen LogP contribution in [0.2, 0.25) is 5.02 Å². The molecule has 3 aromatic rings. The maximum absolute atomic E-state index is 13.5. The van der Waals surface area contributed by atoms with Gasteiger partial charge in [0.1, 0.15) is 6.04 Å². The molecule has 1 aliphatic rings. The Kier molecular flexibility index (Phi) is 6.20. The number of nitrogens with two attached hydrogens (primary N) is 1. The fourth-order valence-corrected chi connectivity index (χ4v) is 4.27. The van der Waals surface area contributed by atoms with E-state index in [-0.39, 0.29) is 18.2 Å². The molecule has 1 aliphatic heterocycles. The van der Waals surface area contributed by atoms with Gasteiger partial charge in [-0.05, 0) is 54.8 Å². The molecule has 0 saturated heterocycles. The molecule has 168 valence electrons. The van der Waals surface area contributed by atoms with Gasteiger partial charge in [-0.3, -0.25) is 14.4 Å². The van der Waals surface area contributed by atoms with Crippen molar-refractivity contribution in [3.8, 4) is 11.1 Å². The molecule has 0 radical (unpaired) electrons. The number of halogens is 1. The number of rotatable bonds is 4. The lowest BCUT2D eigenvalue weighted by Gasteiger charge is -2.26. The van der Waals surface area contributed by atoms with Crippen LogP contribution in [0.3, 0.4) is 0 Å². The maximum Gasteiger partial charge on any atom is 0.256 e. The summed E-state index contributed by atoms with van der Waals surface area (Å²) in [6, 6.07) is 18.7. The van der Waals surface area contributed by atoms with Crippen molar-refractivity contribution in [2.45, 2.75) is 32.2 Å². The largest absolute Gasteiger partial charge is 0.398 e. The summed E-state index contributed by atoms with van der Waals surface area (Å²) in [5, 5.41) is 3.29. The lowest BCUT2D eigenvalue weighted by atomic mass is 9.92. The molecule has 3 aromatic carbocycles. The second-order valence-electron chi connectivity index (χ2n) is 8.15. The van der Waals surface area contributed by atoms with Crippen molar-refractivity contribution in [3.63, 3.8) is 0 Å². The first-order chi connectivity index (χ1) is 15.8. The van der Waals surface area contributed by atoms with Crippen LogP contribution in [-0.4, -0.2) is 23.8 Å². The van der Waals surface area contributed by atoms with Gasteiger partial charge in [-0.2, -0.15) is 0 Å². The van der Waals surface area contributed by atoms with E-state index in [1.807, 2.05) is 24.3 Å². The van der Waals surface area contributed by atoms with Crippen LogP contribution in [0.5, 0.6) is 0 Å². The van der Waals surface area contributed by atoms with Crippen LogP contribution < -0.4 is 16.0 Å². The molecule has 33 heavy (non-hydrogen) atoms. The molecule has 0 fully saturated rings. The molecule has 0 spiro atoms. The van der Waals surface area contributed by atoms with Crippen LogP contribution in [0.4, 0.5) is 11.4 Å². The second-order valence-corrected chi connectivity index (χ2v) is 8.59. The SMILES string of the molecule is CC1C(=O)N(C(=O)[C@H](C)NC(=O)Cc2ccc(Cl)cc2)c2cccc(N)c2-c2ccccc21. The molecule has 3 N–H and O–H groups in total. The maximum atomic E-state index is 13.5. The highest BCUT2D eigenvalue weighted by Gasteiger charge is 2.37. The molecular formula is C26H24ClN3O3. The van der Waals surface area contributed by atoms with E-state index >= 15 is 0 Å². The normalized spacial score (nSPS) is 15.8. The summed E-state index contributed by atoms with van der Waals surface area (Å²) in [6.45, 7) is 3.34. The van der Waals surface area contributed by atoms with Gasteiger partial charge in [-0.25, -0.2) is 4.90 Å². The second kappa shape index (κ2) is 9.08. The molecule has 0 aromatic heterocycles. The van der Waals surface area contributed by atoms with Crippen molar-refractivity contribution >= 4 is 40.7 Å². The van der Waals surface area contributed by atoms with E-state index in [0.29, 0.717) is 22.0 Å². The van der Waals surface area contributed by atoms with Crippen LogP contribution in [0.1, 0.15) is 30.9 Å². The first-order valence-corrected chi connectivity index (χ1v) is 11.0. The van der Waals surface area contributed by atoms with Gasteiger partial charge >= 0.3 is 0 Å². The number of imide groups is 1. The van der Waals surface area contributed by atoms with Gasteiger partial charge in [0.05, 0.1) is 18.0 Å². The van der Waals surface area contributed by atoms with Crippen LogP contribution in [-0.2, 0) is 20.8 Å². The quantitative estimate of drug-likeness (QED) is 0.566. The molecular weight excluding hydrogens is 438 g/mol. The minimum Gasteiger partial charge on any atom is -0.398 e. The van der Waals surface area contributed by atoms with Gasteiger partial charge in [0.2, 0.25) is 11.8 Å². The number of carbonyl (C=O) groups is 3. The Hall–Kier alpha value is -3.64. The summed E-state index contributed by atoms with van der Waals surface area (Å²) < 4.78 is 0. The number of anilines is 2. The summed E-state index contributed by atoms with van der Waals surface area (Å²) in [5.74, 6) is -1.77. The Morgan fingerprint density at radius 3 is 2.48 bits per heavy atom. The van der Waals surface area contributed by atoms with Gasteiger partial charge in [-0.15, -0.1) is 0 Å². The molecule has 0 saturated carbocycles. The third kappa shape index (κ3) is 4.34. The minimum atomic E-state index is -0.920. The lowest BCUT2D eigenvalue weighted by Crippen LogP contribution is -2.50. The van der Waals surface area contributed by atoms with Crippen LogP contribution in [0, 0.1) is 0 Å². The van der Waals surface area contributed by atoms with E-state index in [2.05, 4.69) is 5.32 Å². The molecule has 0 bridgehead atoms. The van der Waals surface area contributed by atoms with E-state index in [0.717, 1.165) is 21.6 Å². The standard InChI is InChI=1S/C26H24ClN3O3/c1-15-19-6-3-4-7-20(19)24-21(28)8-5-9-22(24)30(25(15)32)26(33)16(2)29-23(31)14-17-10-12-18(27)13-11-17/h3-13,15-16H,14,28H2,1-2H3,(H,29,31)/t15?,16-/m0/s1. The summed E-state index contributed by atoms with van der Waals surface area (Å²) >= 11 is 5.89. The fourth-order valence-electron chi connectivity index (χ4n) is 4.15. The first kappa shape index (κ1) is 22.6. The molecule has 7 heteroatoms. The number of benzene rings is 3. The third-order valence-corrected chi connectivity index (χ3v) is 6.10. The number of nitrogens with zero attached hydrogens (tertiary/aromatic N) is 1. The van der Waals surface area contributed by atoms with Crippen molar-refractivity contribution in [2.75, 3.05) is 10.6 Å². The highest BCUT2D eigenvalue weighted by molar-refractivity contribution is 6.30. The first-order valence-electron chi connectivity index (χ1n) is 10.7. The van der Waals surface area contributed by atoms with Crippen LogP contribution in [0.25, 0.3) is 11.1 Å². The smallest absolute Gasteiger partial charge is 0.256 e. The van der Waals surface area contributed by atoms with Crippen molar-refractivity contribution in [2.24, 2.45) is 0 Å². The van der Waals surface area contributed by atoms with E-state index in [4.69, 9.17) is 17.3 Å². The molecule has 3 amide bonds. The van der Waals surface area contributed by atoms with E-state index in [1.54, 1.807) is 56.3 Å². The Labute approximate surface area is 197 Å². The number of hydrogen-bond donors (Lipinski definition) is 2. The number of nitrogens with one attached hydrogen (secondary N) is 1. The van der Waals surface area contributed by atoms with Crippen LogP contribution >= 0.6 is 11.6 Å². The van der Waals surface area contributed by atoms with Crippen molar-refractivity contribution in [1.29, 1.82) is 0 Å². The van der Waals surface area contributed by atoms with E-state index in [1.165, 1.54) is 0 Å². The zero-order valence-corrected chi connectivity index (χ0v) is 19.1. The van der Waals surface area contributed by atoms with Gasteiger partial charge < -0.3 is 11.1 Å². The number of amides is 3. The zero-order chi connectivity index (χ0) is 23.7. The highest BCUT2D eigenvalue weighted by atomic mass is 35.5. The van der Waals surface area contributed by atoms with E-state index in [9.17, 15) is 14.4 Å². The van der Waals surface area contributed by atoms with Gasteiger partial charge in [-0.1, -0.05) is 54.1 Å². The molecule has 4 rings (SSSR count). The number of fused-ring (bicyclic) bond motifs is 3. The molecule has 6 nitrogen and oxygen atoms in total. The lowest BCUT2D eigenvalue weighted by molar-refractivity contribution is -0.131. The Bertz CT molecular complexity index is 1240. The zero-order valence-electron chi connectivity index (χ0n) is 18.3. The van der Waals surface area contributed by atoms with Gasteiger partial charge in [0.25, 0.3) is 5.91 Å². The fraction of sp³-hybridized carbons (Fsp3) is 0.192. The van der Waals surface area contributed by atoms with Crippen molar-refractivity contribution < 1.29 is 14.4 Å². The molecule has 0 aliphatic carbocycles. The summed E-state index contributed by atoms with van der Waals surface area (Å²) in [4.78, 5) is 40.7. The molecule has 2 atom stereocenters. The minimum absolute atomic E-state index is 0.0914. The Morgan fingerprint density at radius 2 is 1.76 bits per heavy atom. The monoisotopic (exact) mass is 461 g/mol. The average molecular weight is 462 g/mol. The predicted molar refractivity (Wildman–Crippen MR) is 130 cm³/mol. The summed E-state index contributed by atoms with van der Waals surface area (Å²) in [5.41, 5.74) is 10.2. The van der Waals surface area contributed by atoms with Gasteiger partial charge in [0, 0.05) is 16.3 Å². The molecule has 1 heterocycles. The van der Waals surface area contributed by atoms with Crippen molar-refractivity contribution in [1.82, 2.24) is 5.32 Å². The van der Waals surface area contributed by atoms with Crippen molar-refractivity contribution in [3.05, 3.63) is 82.9 Å². The number of hydrogen-bond acceptors (Lipinski definition) is 4. The van der Waals surface area contributed by atoms with Crippen LogP contribution in [0.15, 0.2) is 66.7 Å². The average Bonchev–Trinajstić information content (AvgIpc) is 2.89. The summed E-state index contributed by atoms with van der Waals surface area (Å²) in [6.07, 6.45) is 0.0914. The number of nitrogen functional groups attached to an aromatic ring is 1. The highest BCUT2D eigenvalue weighted by Crippen LogP contribution is 2.44.